The van der Waals surface area contributed by atoms with Crippen LogP contribution in [0.1, 0.15) is 0 Å². The Labute approximate surface area is 57.4 Å². The van der Waals surface area contributed by atoms with E-state index in [-0.39, 0.29) is 5.75 Å². The van der Waals surface area contributed by atoms with Crippen molar-refractivity contribution in [1.82, 2.24) is 0 Å². The Bertz CT molecular complexity index is 78.2. The summed E-state index contributed by atoms with van der Waals surface area (Å²) in [4.78, 5) is 9.76. The van der Waals surface area contributed by atoms with Gasteiger partial charge in [-0.15, -0.1) is 0 Å². The zero-order chi connectivity index (χ0) is 7.86. The van der Waals surface area contributed by atoms with Crippen LogP contribution in [0.15, 0.2) is 0 Å². The highest BCUT2D eigenvalue weighted by atomic mass is 32.1. The molecule has 9 heavy (non-hydrogen) atoms. The van der Waals surface area contributed by atoms with Crippen LogP contribution in [-0.4, -0.2) is 33.4 Å². The molecule has 0 saturated carbocycles. The lowest BCUT2D eigenvalue weighted by Crippen LogP contribution is -2.31. The number of carbonyl (C=O) groups is 1. The molecule has 0 radical (unpaired) electrons. The largest absolute Gasteiger partial charge is 0.480 e. The summed E-state index contributed by atoms with van der Waals surface area (Å²) < 4.78 is 0. The number of rotatable bonds is 2. The number of nitrogens with two attached hydrogens (primary N) is 1. The number of hydrogen-bond donors (Lipinski definition) is 5. The third kappa shape index (κ3) is 7.70. The molecule has 0 amide bonds. The first-order valence-electron chi connectivity index (χ1n) is 1.97. The van der Waals surface area contributed by atoms with Gasteiger partial charge in [0.1, 0.15) is 6.04 Å². The van der Waals surface area contributed by atoms with Crippen molar-refractivity contribution in [3.63, 3.8) is 0 Å². The van der Waals surface area contributed by atoms with E-state index in [2.05, 4.69) is 12.6 Å². The lowest BCUT2D eigenvalue weighted by atomic mass is 10.4. The first kappa shape index (κ1) is 11.5. The molecule has 0 aromatic carbocycles. The molecular weight excluding hydrogens is 146 g/mol. The van der Waals surface area contributed by atoms with Gasteiger partial charge in [0.05, 0.1) is 0 Å². The van der Waals surface area contributed by atoms with Crippen molar-refractivity contribution < 1.29 is 20.4 Å². The van der Waals surface area contributed by atoms with Crippen molar-refractivity contribution >= 4 is 18.6 Å². The molecule has 0 saturated heterocycles. The molecule has 0 unspecified atom stereocenters. The third-order valence-corrected chi connectivity index (χ3v) is 0.907. The summed E-state index contributed by atoms with van der Waals surface area (Å²) in [5.74, 6) is -0.815. The summed E-state index contributed by atoms with van der Waals surface area (Å²) in [7, 11) is 0. The Kier molecular flexibility index (Phi) is 9.83. The standard InChI is InChI=1S/C3H7NO2S.H2O2/c4-2(1-7)3(5)6;1-2/h2,7H,1,4H2,(H,5,6);1-2H/t2-;/m0./s1. The monoisotopic (exact) mass is 155 g/mol. The molecular formula is C3H9NO4S. The van der Waals surface area contributed by atoms with E-state index >= 15 is 0 Å². The molecule has 0 aliphatic carbocycles. The number of hydrogen-bond acceptors (Lipinski definition) is 5. The van der Waals surface area contributed by atoms with Crippen LogP contribution < -0.4 is 5.73 Å². The van der Waals surface area contributed by atoms with E-state index in [0.29, 0.717) is 0 Å². The maximum atomic E-state index is 9.76. The van der Waals surface area contributed by atoms with Crippen LogP contribution in [0, 0.1) is 0 Å². The molecule has 0 aromatic rings. The molecule has 6 heteroatoms. The topological polar surface area (TPSA) is 104 Å². The van der Waals surface area contributed by atoms with Gasteiger partial charge in [0.25, 0.3) is 0 Å². The molecule has 0 heterocycles. The summed E-state index contributed by atoms with van der Waals surface area (Å²) in [5.41, 5.74) is 4.94. The van der Waals surface area contributed by atoms with E-state index in [9.17, 15) is 4.79 Å². The van der Waals surface area contributed by atoms with E-state index < -0.39 is 12.0 Å². The second-order valence-electron chi connectivity index (χ2n) is 1.13. The normalized spacial score (nSPS) is 11.1. The van der Waals surface area contributed by atoms with Gasteiger partial charge >= 0.3 is 5.97 Å². The average molecular weight is 155 g/mol. The van der Waals surface area contributed by atoms with E-state index in [1.54, 1.807) is 0 Å². The van der Waals surface area contributed by atoms with Crippen molar-refractivity contribution in [2.75, 3.05) is 5.75 Å². The fourth-order valence-electron chi connectivity index (χ4n) is 0.0781. The quantitative estimate of drug-likeness (QED) is 0.207. The van der Waals surface area contributed by atoms with E-state index in [1.807, 2.05) is 0 Å². The Morgan fingerprint density at radius 3 is 2.00 bits per heavy atom. The molecule has 5 nitrogen and oxygen atoms in total. The van der Waals surface area contributed by atoms with Crippen LogP contribution in [0.5, 0.6) is 0 Å². The second kappa shape index (κ2) is 7.70. The smallest absolute Gasteiger partial charge is 0.321 e. The molecule has 0 aromatic heterocycles. The Hall–Kier alpha value is -0.300. The summed E-state index contributed by atoms with van der Waals surface area (Å²) >= 11 is 3.65. The highest BCUT2D eigenvalue weighted by Crippen LogP contribution is 1.80. The van der Waals surface area contributed by atoms with E-state index in [1.165, 1.54) is 0 Å². The second-order valence-corrected chi connectivity index (χ2v) is 1.49. The SMILES string of the molecule is N[C@@H](CS)C(=O)O.OO. The number of carboxylic acids is 1. The molecule has 1 atom stereocenters. The fourth-order valence-corrected chi connectivity index (χ4v) is 0.234. The molecule has 56 valence electrons. The van der Waals surface area contributed by atoms with Crippen LogP contribution in [0.2, 0.25) is 0 Å². The lowest BCUT2D eigenvalue weighted by molar-refractivity contribution is -0.176. The molecule has 0 aliphatic rings. The molecule has 5 N–H and O–H groups in total. The predicted octanol–water partition coefficient (Wildman–Crippen LogP) is -0.654. The van der Waals surface area contributed by atoms with Crippen LogP contribution in [0.3, 0.4) is 0 Å². The van der Waals surface area contributed by atoms with Crippen molar-refractivity contribution in [2.24, 2.45) is 5.73 Å². The lowest BCUT2D eigenvalue weighted by Gasteiger charge is -1.96. The van der Waals surface area contributed by atoms with Crippen LogP contribution in [0.25, 0.3) is 0 Å². The number of thiol groups is 1. The summed E-state index contributed by atoms with van der Waals surface area (Å²) in [6.45, 7) is 0. The van der Waals surface area contributed by atoms with Crippen LogP contribution in [-0.2, 0) is 4.79 Å². The highest BCUT2D eigenvalue weighted by Gasteiger charge is 2.06. The van der Waals surface area contributed by atoms with Gasteiger partial charge in [-0.2, -0.15) is 12.6 Å². The zero-order valence-electron chi connectivity index (χ0n) is 4.56. The van der Waals surface area contributed by atoms with Crippen molar-refractivity contribution in [2.45, 2.75) is 6.04 Å². The zero-order valence-corrected chi connectivity index (χ0v) is 5.45. The Morgan fingerprint density at radius 1 is 1.67 bits per heavy atom. The van der Waals surface area contributed by atoms with Gasteiger partial charge in [-0.25, -0.2) is 0 Å². The minimum absolute atomic E-state index is 0.190. The van der Waals surface area contributed by atoms with Gasteiger partial charge in [0, 0.05) is 5.75 Å². The molecule has 0 bridgehead atoms. The molecule has 0 spiro atoms. The summed E-state index contributed by atoms with van der Waals surface area (Å²) in [6.07, 6.45) is 0. The van der Waals surface area contributed by atoms with E-state index in [4.69, 9.17) is 21.4 Å². The average Bonchev–Trinajstić information content (AvgIpc) is 1.91. The molecule has 0 aliphatic heterocycles. The molecule has 0 rings (SSSR count). The van der Waals surface area contributed by atoms with Gasteiger partial charge < -0.3 is 10.8 Å². The van der Waals surface area contributed by atoms with Crippen LogP contribution in [0.4, 0.5) is 0 Å². The third-order valence-electron chi connectivity index (χ3n) is 0.514. The maximum Gasteiger partial charge on any atom is 0.321 e. The van der Waals surface area contributed by atoms with E-state index in [0.717, 1.165) is 0 Å². The summed E-state index contributed by atoms with van der Waals surface area (Å²) in [6, 6.07) is -0.816. The van der Waals surface area contributed by atoms with Gasteiger partial charge in [0.15, 0.2) is 0 Å². The Morgan fingerprint density at radius 2 is 2.00 bits per heavy atom. The molecule has 0 fully saturated rings. The van der Waals surface area contributed by atoms with Crippen molar-refractivity contribution in [3.05, 3.63) is 0 Å². The first-order chi connectivity index (χ1) is 4.18. The van der Waals surface area contributed by atoms with Crippen molar-refractivity contribution in [3.8, 4) is 0 Å². The minimum Gasteiger partial charge on any atom is -0.480 e. The van der Waals surface area contributed by atoms with Gasteiger partial charge in [0.2, 0.25) is 0 Å². The van der Waals surface area contributed by atoms with Gasteiger partial charge in [-0.3, -0.25) is 15.3 Å². The fraction of sp³-hybridized carbons (Fsp3) is 0.667. The minimum atomic E-state index is -1.00. The first-order valence-corrected chi connectivity index (χ1v) is 2.61. The number of aliphatic carboxylic acids is 1. The number of carboxylic acid groups (broad SMARTS) is 1. The van der Waals surface area contributed by atoms with Crippen LogP contribution >= 0.6 is 12.6 Å². The highest BCUT2D eigenvalue weighted by molar-refractivity contribution is 7.80. The van der Waals surface area contributed by atoms with Gasteiger partial charge in [-0.1, -0.05) is 0 Å². The maximum absolute atomic E-state index is 9.76. The summed E-state index contributed by atoms with van der Waals surface area (Å²) in [5, 5.41) is 20.0. The predicted molar refractivity (Wildman–Crippen MR) is 34.7 cm³/mol. The van der Waals surface area contributed by atoms with Gasteiger partial charge in [-0.05, 0) is 0 Å². The Balaban J connectivity index is 0. The van der Waals surface area contributed by atoms with Crippen molar-refractivity contribution in [1.29, 1.82) is 0 Å².